The van der Waals surface area contributed by atoms with Crippen molar-refractivity contribution in [3.63, 3.8) is 0 Å². The van der Waals surface area contributed by atoms with E-state index < -0.39 is 0 Å². The summed E-state index contributed by atoms with van der Waals surface area (Å²) in [5, 5.41) is 1.13. The highest BCUT2D eigenvalue weighted by atomic mass is 16.5. The largest absolute Gasteiger partial charge is 0.493 e. The molecule has 0 atom stereocenters. The molecule has 2 N–H and O–H groups in total. The van der Waals surface area contributed by atoms with Crippen LogP contribution in [0.3, 0.4) is 0 Å². The van der Waals surface area contributed by atoms with E-state index in [1.54, 1.807) is 6.20 Å². The van der Waals surface area contributed by atoms with E-state index in [4.69, 9.17) is 10.5 Å². The number of benzene rings is 1. The van der Waals surface area contributed by atoms with Gasteiger partial charge in [0.05, 0.1) is 12.1 Å². The van der Waals surface area contributed by atoms with Gasteiger partial charge in [-0.25, -0.2) is 0 Å². The lowest BCUT2D eigenvalue weighted by molar-refractivity contribution is 0.314. The highest BCUT2D eigenvalue weighted by molar-refractivity contribution is 5.79. The Morgan fingerprint density at radius 3 is 3.07 bits per heavy atom. The van der Waals surface area contributed by atoms with Crippen molar-refractivity contribution in [1.29, 1.82) is 0 Å². The van der Waals surface area contributed by atoms with Gasteiger partial charge in [0.15, 0.2) is 0 Å². The number of nitrogens with zero attached hydrogens (tertiary/aromatic N) is 1. The highest BCUT2D eigenvalue weighted by Crippen LogP contribution is 2.18. The van der Waals surface area contributed by atoms with E-state index in [9.17, 15) is 0 Å². The van der Waals surface area contributed by atoms with Gasteiger partial charge in [-0.3, -0.25) is 4.98 Å². The molecule has 0 amide bonds. The Labute approximate surface area is 88.9 Å². The Morgan fingerprint density at radius 2 is 2.20 bits per heavy atom. The predicted octanol–water partition coefficient (Wildman–Crippen LogP) is 1.96. The van der Waals surface area contributed by atoms with Crippen LogP contribution in [0.5, 0.6) is 5.75 Å². The van der Waals surface area contributed by atoms with Crippen LogP contribution < -0.4 is 10.5 Å². The first-order valence-electron chi connectivity index (χ1n) is 5.08. The first kappa shape index (κ1) is 9.93. The van der Waals surface area contributed by atoms with Gasteiger partial charge in [-0.2, -0.15) is 0 Å². The number of rotatable bonds is 4. The summed E-state index contributed by atoms with van der Waals surface area (Å²) in [5.41, 5.74) is 6.35. The summed E-state index contributed by atoms with van der Waals surface area (Å²) in [6.07, 6.45) is 2.66. The predicted molar refractivity (Wildman–Crippen MR) is 60.9 cm³/mol. The van der Waals surface area contributed by atoms with Gasteiger partial charge in [-0.1, -0.05) is 6.07 Å². The summed E-state index contributed by atoms with van der Waals surface area (Å²) >= 11 is 0. The number of fused-ring (bicyclic) bond motifs is 1. The summed E-state index contributed by atoms with van der Waals surface area (Å²) in [5.74, 6) is 0.856. The first-order valence-corrected chi connectivity index (χ1v) is 5.08. The van der Waals surface area contributed by atoms with Crippen LogP contribution in [-0.4, -0.2) is 18.1 Å². The normalized spacial score (nSPS) is 10.5. The second-order valence-corrected chi connectivity index (χ2v) is 3.35. The van der Waals surface area contributed by atoms with Crippen LogP contribution in [0.1, 0.15) is 6.42 Å². The molecule has 0 bridgehead atoms. The van der Waals surface area contributed by atoms with Crippen LogP contribution in [0.25, 0.3) is 10.9 Å². The van der Waals surface area contributed by atoms with Gasteiger partial charge >= 0.3 is 0 Å². The molecule has 0 spiro atoms. The van der Waals surface area contributed by atoms with E-state index in [1.807, 2.05) is 30.3 Å². The average molecular weight is 202 g/mol. The second-order valence-electron chi connectivity index (χ2n) is 3.35. The Balaban J connectivity index is 2.16. The summed E-state index contributed by atoms with van der Waals surface area (Å²) < 4.78 is 5.53. The van der Waals surface area contributed by atoms with Gasteiger partial charge in [-0.05, 0) is 31.2 Å². The van der Waals surface area contributed by atoms with Crippen LogP contribution >= 0.6 is 0 Å². The lowest BCUT2D eigenvalue weighted by Gasteiger charge is -2.05. The number of ether oxygens (including phenoxy) is 1. The van der Waals surface area contributed by atoms with Crippen LogP contribution in [0.4, 0.5) is 0 Å². The van der Waals surface area contributed by atoms with E-state index >= 15 is 0 Å². The molecule has 2 rings (SSSR count). The average Bonchev–Trinajstić information content (AvgIpc) is 2.29. The van der Waals surface area contributed by atoms with Crippen molar-refractivity contribution in [1.82, 2.24) is 4.98 Å². The molecule has 2 aromatic rings. The number of hydrogen-bond donors (Lipinski definition) is 1. The van der Waals surface area contributed by atoms with Crippen LogP contribution in [0.15, 0.2) is 36.5 Å². The maximum atomic E-state index is 5.53. The second kappa shape index (κ2) is 4.75. The minimum atomic E-state index is 0.659. The van der Waals surface area contributed by atoms with Crippen molar-refractivity contribution in [3.05, 3.63) is 36.5 Å². The van der Waals surface area contributed by atoms with Gasteiger partial charge in [0.1, 0.15) is 5.75 Å². The van der Waals surface area contributed by atoms with Crippen LogP contribution in [0.2, 0.25) is 0 Å². The molecule has 3 nitrogen and oxygen atoms in total. The lowest BCUT2D eigenvalue weighted by atomic mass is 10.2. The minimum absolute atomic E-state index is 0.659. The van der Waals surface area contributed by atoms with E-state index in [0.717, 1.165) is 23.1 Å². The molecular formula is C12H14N2O. The van der Waals surface area contributed by atoms with Crippen LogP contribution in [-0.2, 0) is 0 Å². The fourth-order valence-electron chi connectivity index (χ4n) is 1.41. The summed E-state index contributed by atoms with van der Waals surface area (Å²) in [6.45, 7) is 1.32. The zero-order valence-corrected chi connectivity index (χ0v) is 8.52. The molecule has 0 aliphatic heterocycles. The van der Waals surface area contributed by atoms with Gasteiger partial charge in [0, 0.05) is 17.6 Å². The quantitative estimate of drug-likeness (QED) is 0.771. The van der Waals surface area contributed by atoms with E-state index in [-0.39, 0.29) is 0 Å². The number of nitrogens with two attached hydrogens (primary N) is 1. The molecule has 0 saturated carbocycles. The van der Waals surface area contributed by atoms with Crippen molar-refractivity contribution in [2.75, 3.05) is 13.2 Å². The zero-order valence-electron chi connectivity index (χ0n) is 8.52. The number of pyridine rings is 1. The molecule has 1 aromatic carbocycles. The standard InChI is InChI=1S/C12H14N2O/c13-6-2-8-15-11-5-4-10-3-1-7-14-12(10)9-11/h1,3-5,7,9H,2,6,8,13H2. The van der Waals surface area contributed by atoms with E-state index in [0.29, 0.717) is 13.2 Å². The van der Waals surface area contributed by atoms with Crippen molar-refractivity contribution in [2.45, 2.75) is 6.42 Å². The molecule has 1 heterocycles. The van der Waals surface area contributed by atoms with Gasteiger partial charge < -0.3 is 10.5 Å². The smallest absolute Gasteiger partial charge is 0.121 e. The highest BCUT2D eigenvalue weighted by Gasteiger charge is 1.97. The molecule has 3 heteroatoms. The summed E-state index contributed by atoms with van der Waals surface area (Å²) in [4.78, 5) is 4.27. The molecule has 1 aromatic heterocycles. The fraction of sp³-hybridized carbons (Fsp3) is 0.250. The summed E-state index contributed by atoms with van der Waals surface area (Å²) in [7, 11) is 0. The van der Waals surface area contributed by atoms with Gasteiger partial charge in [0.2, 0.25) is 0 Å². The number of aromatic nitrogens is 1. The number of hydrogen-bond acceptors (Lipinski definition) is 3. The Hall–Kier alpha value is -1.61. The molecule has 0 aliphatic rings. The minimum Gasteiger partial charge on any atom is -0.493 e. The van der Waals surface area contributed by atoms with Crippen molar-refractivity contribution in [2.24, 2.45) is 5.73 Å². The Kier molecular flexibility index (Phi) is 3.15. The molecular weight excluding hydrogens is 188 g/mol. The first-order chi connectivity index (χ1) is 7.40. The molecule has 78 valence electrons. The van der Waals surface area contributed by atoms with Crippen molar-refractivity contribution in [3.8, 4) is 5.75 Å². The van der Waals surface area contributed by atoms with Crippen LogP contribution in [0, 0.1) is 0 Å². The Morgan fingerprint density at radius 1 is 1.27 bits per heavy atom. The van der Waals surface area contributed by atoms with Crippen molar-refractivity contribution < 1.29 is 4.74 Å². The topological polar surface area (TPSA) is 48.1 Å². The molecule has 0 aliphatic carbocycles. The third-order valence-corrected chi connectivity index (χ3v) is 2.19. The monoisotopic (exact) mass is 202 g/mol. The third kappa shape index (κ3) is 2.44. The Bertz CT molecular complexity index is 442. The van der Waals surface area contributed by atoms with Crippen molar-refractivity contribution >= 4 is 10.9 Å². The molecule has 15 heavy (non-hydrogen) atoms. The molecule has 0 radical (unpaired) electrons. The molecule has 0 unspecified atom stereocenters. The zero-order chi connectivity index (χ0) is 10.5. The maximum absolute atomic E-state index is 5.53. The third-order valence-electron chi connectivity index (χ3n) is 2.19. The fourth-order valence-corrected chi connectivity index (χ4v) is 1.41. The maximum Gasteiger partial charge on any atom is 0.121 e. The van der Waals surface area contributed by atoms with E-state index in [1.165, 1.54) is 0 Å². The van der Waals surface area contributed by atoms with Gasteiger partial charge in [0.25, 0.3) is 0 Å². The van der Waals surface area contributed by atoms with Gasteiger partial charge in [-0.15, -0.1) is 0 Å². The molecule has 0 fully saturated rings. The SMILES string of the molecule is NCCCOc1ccc2cccnc2c1. The summed E-state index contributed by atoms with van der Waals surface area (Å²) in [6, 6.07) is 9.88. The lowest BCUT2D eigenvalue weighted by Crippen LogP contribution is -2.05. The molecule has 0 saturated heterocycles. The van der Waals surface area contributed by atoms with E-state index in [2.05, 4.69) is 4.98 Å².